The van der Waals surface area contributed by atoms with Crippen LogP contribution in [0.2, 0.25) is 0 Å². The number of hydrogen-bond donors (Lipinski definition) is 1. The molecule has 0 fully saturated rings. The summed E-state index contributed by atoms with van der Waals surface area (Å²) in [4.78, 5) is 0. The average Bonchev–Trinajstić information content (AvgIpc) is 2.74. The zero-order valence-corrected chi connectivity index (χ0v) is 15.1. The van der Waals surface area contributed by atoms with Crippen molar-refractivity contribution in [3.8, 4) is 22.8 Å². The first-order valence-electron chi connectivity index (χ1n) is 8.60. The van der Waals surface area contributed by atoms with E-state index in [9.17, 15) is 0 Å². The van der Waals surface area contributed by atoms with Gasteiger partial charge < -0.3 is 14.8 Å². The van der Waals surface area contributed by atoms with Gasteiger partial charge >= 0.3 is 0 Å². The van der Waals surface area contributed by atoms with Crippen LogP contribution < -0.4 is 14.8 Å². The van der Waals surface area contributed by atoms with Crippen LogP contribution in [0.1, 0.15) is 0 Å². The molecule has 0 saturated carbocycles. The molecule has 27 heavy (non-hydrogen) atoms. The van der Waals surface area contributed by atoms with Crippen LogP contribution in [-0.2, 0) is 0 Å². The van der Waals surface area contributed by atoms with Crippen molar-refractivity contribution in [3.05, 3.63) is 72.8 Å². The number of rotatable bonds is 5. The van der Waals surface area contributed by atoms with Gasteiger partial charge in [0.15, 0.2) is 5.82 Å². The summed E-state index contributed by atoms with van der Waals surface area (Å²) in [7, 11) is 3.30. The highest BCUT2D eigenvalue weighted by molar-refractivity contribution is 6.07. The zero-order chi connectivity index (χ0) is 18.6. The van der Waals surface area contributed by atoms with Crippen molar-refractivity contribution in [2.75, 3.05) is 19.5 Å². The van der Waals surface area contributed by atoms with Gasteiger partial charge in [-0.15, -0.1) is 10.2 Å². The first kappa shape index (κ1) is 16.8. The van der Waals surface area contributed by atoms with E-state index in [1.54, 1.807) is 14.2 Å². The highest BCUT2D eigenvalue weighted by atomic mass is 16.5. The molecule has 0 saturated heterocycles. The molecule has 1 heterocycles. The molecule has 0 amide bonds. The van der Waals surface area contributed by atoms with Crippen LogP contribution in [0.4, 0.5) is 11.5 Å². The van der Waals surface area contributed by atoms with Gasteiger partial charge in [0.05, 0.1) is 25.0 Å². The molecule has 4 aromatic rings. The van der Waals surface area contributed by atoms with Crippen molar-refractivity contribution in [3.63, 3.8) is 0 Å². The minimum absolute atomic E-state index is 0.617. The maximum absolute atomic E-state index is 5.64. The molecule has 5 nitrogen and oxygen atoms in total. The molecule has 134 valence electrons. The highest BCUT2D eigenvalue weighted by Gasteiger charge is 2.19. The summed E-state index contributed by atoms with van der Waals surface area (Å²) >= 11 is 0. The van der Waals surface area contributed by atoms with E-state index in [0.717, 1.165) is 33.5 Å². The fourth-order valence-electron chi connectivity index (χ4n) is 3.12. The Labute approximate surface area is 157 Å². The predicted molar refractivity (Wildman–Crippen MR) is 108 cm³/mol. The summed E-state index contributed by atoms with van der Waals surface area (Å²) in [6, 6.07) is 23.6. The van der Waals surface area contributed by atoms with Crippen LogP contribution in [0.3, 0.4) is 0 Å². The van der Waals surface area contributed by atoms with Gasteiger partial charge in [0.2, 0.25) is 0 Å². The maximum Gasteiger partial charge on any atom is 0.164 e. The number of benzene rings is 3. The van der Waals surface area contributed by atoms with Gasteiger partial charge in [-0.3, -0.25) is 0 Å². The maximum atomic E-state index is 5.64. The van der Waals surface area contributed by atoms with Crippen LogP contribution in [0.5, 0.6) is 11.5 Å². The van der Waals surface area contributed by atoms with E-state index in [2.05, 4.69) is 15.5 Å². The van der Waals surface area contributed by atoms with E-state index in [0.29, 0.717) is 11.6 Å². The molecule has 0 aliphatic heterocycles. The van der Waals surface area contributed by atoms with E-state index >= 15 is 0 Å². The summed E-state index contributed by atoms with van der Waals surface area (Å²) in [6.07, 6.45) is 0. The highest BCUT2D eigenvalue weighted by Crippen LogP contribution is 2.42. The first-order chi connectivity index (χ1) is 13.3. The number of ether oxygens (including phenoxy) is 2. The van der Waals surface area contributed by atoms with Gasteiger partial charge in [-0.05, 0) is 24.3 Å². The van der Waals surface area contributed by atoms with E-state index < -0.39 is 0 Å². The SMILES string of the molecule is COc1ccc(OC)c2c(-c3ccccc3)nnc(Nc3ccccc3)c12. The van der Waals surface area contributed by atoms with Crippen molar-refractivity contribution >= 4 is 22.3 Å². The third kappa shape index (κ3) is 3.15. The second kappa shape index (κ2) is 7.33. The lowest BCUT2D eigenvalue weighted by Gasteiger charge is -2.16. The predicted octanol–water partition coefficient (Wildman–Crippen LogP) is 5.06. The Kier molecular flexibility index (Phi) is 4.58. The van der Waals surface area contributed by atoms with E-state index in [1.807, 2.05) is 72.8 Å². The number of aromatic nitrogens is 2. The lowest BCUT2D eigenvalue weighted by Crippen LogP contribution is -2.02. The van der Waals surface area contributed by atoms with E-state index in [-0.39, 0.29) is 0 Å². The minimum atomic E-state index is 0.617. The number of hydrogen-bond acceptors (Lipinski definition) is 5. The first-order valence-corrected chi connectivity index (χ1v) is 8.60. The second-order valence-corrected chi connectivity index (χ2v) is 5.97. The van der Waals surface area contributed by atoms with Crippen LogP contribution in [0.25, 0.3) is 22.0 Å². The minimum Gasteiger partial charge on any atom is -0.496 e. The number of anilines is 2. The summed E-state index contributed by atoms with van der Waals surface area (Å²) < 4.78 is 11.3. The van der Waals surface area contributed by atoms with Gasteiger partial charge in [-0.25, -0.2) is 0 Å². The quantitative estimate of drug-likeness (QED) is 0.541. The van der Waals surface area contributed by atoms with Crippen LogP contribution in [0.15, 0.2) is 72.8 Å². The molecule has 5 heteroatoms. The third-order valence-corrected chi connectivity index (χ3v) is 4.38. The van der Waals surface area contributed by atoms with Gasteiger partial charge in [0.25, 0.3) is 0 Å². The van der Waals surface area contributed by atoms with Crippen molar-refractivity contribution < 1.29 is 9.47 Å². The molecule has 4 rings (SSSR count). The Bertz CT molecular complexity index is 1070. The molecule has 0 aliphatic carbocycles. The number of fused-ring (bicyclic) bond motifs is 1. The van der Waals surface area contributed by atoms with Crippen molar-refractivity contribution in [2.24, 2.45) is 0 Å². The molecule has 1 aromatic heterocycles. The fraction of sp³-hybridized carbons (Fsp3) is 0.0909. The average molecular weight is 357 g/mol. The van der Waals surface area contributed by atoms with Gasteiger partial charge in [-0.1, -0.05) is 48.5 Å². The van der Waals surface area contributed by atoms with Gasteiger partial charge in [-0.2, -0.15) is 0 Å². The molecule has 0 unspecified atom stereocenters. The number of nitrogens with zero attached hydrogens (tertiary/aromatic N) is 2. The number of methoxy groups -OCH3 is 2. The van der Waals surface area contributed by atoms with Crippen molar-refractivity contribution in [1.82, 2.24) is 10.2 Å². The Hall–Kier alpha value is -3.60. The van der Waals surface area contributed by atoms with Gasteiger partial charge in [0, 0.05) is 11.3 Å². The lowest BCUT2D eigenvalue weighted by molar-refractivity contribution is 0.410. The molecule has 0 radical (unpaired) electrons. The molecule has 0 atom stereocenters. The topological polar surface area (TPSA) is 56.3 Å². The van der Waals surface area contributed by atoms with E-state index in [1.165, 1.54) is 0 Å². The molecule has 0 spiro atoms. The standard InChI is InChI=1S/C22H19N3O2/c1-26-17-13-14-18(27-2)20-19(17)21(15-9-5-3-6-10-15)24-25-22(20)23-16-11-7-4-8-12-16/h3-14H,1-2H3,(H,23,25). The molecule has 1 N–H and O–H groups in total. The number of nitrogens with one attached hydrogen (secondary N) is 1. The van der Waals surface area contributed by atoms with Crippen molar-refractivity contribution in [2.45, 2.75) is 0 Å². The lowest BCUT2D eigenvalue weighted by atomic mass is 10.0. The normalized spacial score (nSPS) is 10.6. The van der Waals surface area contributed by atoms with Crippen LogP contribution >= 0.6 is 0 Å². The summed E-state index contributed by atoms with van der Waals surface area (Å²) in [5.41, 5.74) is 2.64. The van der Waals surface area contributed by atoms with Gasteiger partial charge in [0.1, 0.15) is 17.2 Å². The smallest absolute Gasteiger partial charge is 0.164 e. The Morgan fingerprint density at radius 1 is 0.667 bits per heavy atom. The largest absolute Gasteiger partial charge is 0.496 e. The summed E-state index contributed by atoms with van der Waals surface area (Å²) in [5, 5.41) is 14.0. The second-order valence-electron chi connectivity index (χ2n) is 5.97. The monoisotopic (exact) mass is 357 g/mol. The van der Waals surface area contributed by atoms with Crippen LogP contribution in [0, 0.1) is 0 Å². The third-order valence-electron chi connectivity index (χ3n) is 4.38. The molecular formula is C22H19N3O2. The number of para-hydroxylation sites is 1. The molecular weight excluding hydrogens is 338 g/mol. The summed E-state index contributed by atoms with van der Waals surface area (Å²) in [5.74, 6) is 2.04. The Morgan fingerprint density at radius 2 is 1.26 bits per heavy atom. The molecule has 3 aromatic carbocycles. The zero-order valence-electron chi connectivity index (χ0n) is 15.1. The fourth-order valence-corrected chi connectivity index (χ4v) is 3.12. The van der Waals surface area contributed by atoms with Crippen molar-refractivity contribution in [1.29, 1.82) is 0 Å². The van der Waals surface area contributed by atoms with E-state index in [4.69, 9.17) is 9.47 Å². The molecule has 0 aliphatic rings. The Morgan fingerprint density at radius 3 is 1.89 bits per heavy atom. The Balaban J connectivity index is 2.01. The summed E-state index contributed by atoms with van der Waals surface area (Å²) in [6.45, 7) is 0. The van der Waals surface area contributed by atoms with Crippen LogP contribution in [-0.4, -0.2) is 24.4 Å². The molecule has 0 bridgehead atoms.